The first-order valence-corrected chi connectivity index (χ1v) is 7.51. The Labute approximate surface area is 117 Å². The van der Waals surface area contributed by atoms with Gasteiger partial charge in [0.15, 0.2) is 0 Å². The number of rotatable bonds is 4. The summed E-state index contributed by atoms with van der Waals surface area (Å²) < 4.78 is 6.13. The van der Waals surface area contributed by atoms with Crippen molar-refractivity contribution < 1.29 is 9.53 Å². The van der Waals surface area contributed by atoms with Crippen LogP contribution in [0.25, 0.3) is 10.2 Å². The number of carbonyl (C=O) groups excluding carboxylic acids is 1. The lowest BCUT2D eigenvalue weighted by molar-refractivity contribution is 0.103. The number of thiophene rings is 2. The van der Waals surface area contributed by atoms with Crippen LogP contribution in [0.1, 0.15) is 22.3 Å². The molecule has 3 aromatic heterocycles. The van der Waals surface area contributed by atoms with Crippen molar-refractivity contribution in [1.82, 2.24) is 9.97 Å². The van der Waals surface area contributed by atoms with Crippen LogP contribution in [0.5, 0.6) is 6.01 Å². The van der Waals surface area contributed by atoms with Crippen LogP contribution in [-0.2, 0) is 0 Å². The molecule has 0 fully saturated rings. The van der Waals surface area contributed by atoms with Crippen molar-refractivity contribution in [2.45, 2.75) is 6.92 Å². The second-order valence-electron chi connectivity index (χ2n) is 3.73. The van der Waals surface area contributed by atoms with Gasteiger partial charge in [-0.2, -0.15) is 9.97 Å². The van der Waals surface area contributed by atoms with Crippen molar-refractivity contribution in [2.24, 2.45) is 0 Å². The van der Waals surface area contributed by atoms with E-state index >= 15 is 0 Å². The number of hydrogen-bond donors (Lipinski definition) is 0. The summed E-state index contributed by atoms with van der Waals surface area (Å²) >= 11 is 2.88. The van der Waals surface area contributed by atoms with E-state index in [0.29, 0.717) is 17.2 Å². The Morgan fingerprint density at radius 2 is 2.16 bits per heavy atom. The molecule has 0 radical (unpaired) electrons. The monoisotopic (exact) mass is 290 g/mol. The third kappa shape index (κ3) is 2.24. The lowest BCUT2D eigenvalue weighted by Gasteiger charge is -2.04. The van der Waals surface area contributed by atoms with Gasteiger partial charge in [0.05, 0.1) is 21.7 Å². The topological polar surface area (TPSA) is 52.1 Å². The Morgan fingerprint density at radius 1 is 1.26 bits per heavy atom. The first kappa shape index (κ1) is 12.3. The zero-order valence-corrected chi connectivity index (χ0v) is 11.8. The smallest absolute Gasteiger partial charge is 0.317 e. The minimum atomic E-state index is -0.0780. The predicted octanol–water partition coefficient (Wildman–Crippen LogP) is 3.38. The number of hydrogen-bond acceptors (Lipinski definition) is 6. The summed E-state index contributed by atoms with van der Waals surface area (Å²) in [4.78, 5) is 21.7. The first-order valence-electron chi connectivity index (χ1n) is 5.76. The molecular weight excluding hydrogens is 280 g/mol. The van der Waals surface area contributed by atoms with Crippen molar-refractivity contribution in [3.8, 4) is 6.01 Å². The van der Waals surface area contributed by atoms with Crippen molar-refractivity contribution in [3.63, 3.8) is 0 Å². The Bertz CT molecular complexity index is 719. The molecule has 0 aromatic carbocycles. The molecule has 0 aliphatic carbocycles. The molecule has 0 saturated carbocycles. The van der Waals surface area contributed by atoms with Gasteiger partial charge >= 0.3 is 6.01 Å². The summed E-state index contributed by atoms with van der Waals surface area (Å²) in [7, 11) is 0. The summed E-state index contributed by atoms with van der Waals surface area (Å²) in [5.41, 5.74) is 1.18. The number of carbonyl (C=O) groups is 1. The SMILES string of the molecule is CCOc1nc(C(=O)c2cccs2)c2sccc2n1. The zero-order valence-electron chi connectivity index (χ0n) is 10.1. The van der Waals surface area contributed by atoms with Crippen LogP contribution < -0.4 is 4.74 Å². The van der Waals surface area contributed by atoms with Crippen LogP contribution in [0, 0.1) is 0 Å². The highest BCUT2D eigenvalue weighted by Gasteiger charge is 2.18. The van der Waals surface area contributed by atoms with Gasteiger partial charge in [0.1, 0.15) is 5.69 Å². The lowest BCUT2D eigenvalue weighted by Crippen LogP contribution is -2.06. The van der Waals surface area contributed by atoms with Crippen molar-refractivity contribution in [2.75, 3.05) is 6.61 Å². The molecule has 0 aliphatic rings. The number of ketones is 1. The summed E-state index contributed by atoms with van der Waals surface area (Å²) in [6.45, 7) is 2.34. The maximum absolute atomic E-state index is 12.4. The maximum atomic E-state index is 12.4. The average Bonchev–Trinajstić information content (AvgIpc) is 3.08. The van der Waals surface area contributed by atoms with Gasteiger partial charge in [0.2, 0.25) is 5.78 Å². The quantitative estimate of drug-likeness (QED) is 0.691. The molecule has 0 N–H and O–H groups in total. The molecule has 0 unspecified atom stereocenters. The van der Waals surface area contributed by atoms with E-state index in [0.717, 1.165) is 10.2 Å². The maximum Gasteiger partial charge on any atom is 0.317 e. The van der Waals surface area contributed by atoms with E-state index < -0.39 is 0 Å². The van der Waals surface area contributed by atoms with Gasteiger partial charge in [-0.25, -0.2) is 0 Å². The Kier molecular flexibility index (Phi) is 3.27. The minimum absolute atomic E-state index is 0.0780. The average molecular weight is 290 g/mol. The van der Waals surface area contributed by atoms with E-state index in [2.05, 4.69) is 9.97 Å². The molecule has 19 heavy (non-hydrogen) atoms. The normalized spacial score (nSPS) is 10.8. The van der Waals surface area contributed by atoms with E-state index in [1.807, 2.05) is 29.8 Å². The number of aromatic nitrogens is 2. The Morgan fingerprint density at radius 3 is 2.89 bits per heavy atom. The van der Waals surface area contributed by atoms with Crippen LogP contribution in [0.15, 0.2) is 29.0 Å². The molecule has 0 aliphatic heterocycles. The third-order valence-electron chi connectivity index (χ3n) is 2.52. The first-order chi connectivity index (χ1) is 9.29. The molecule has 0 bridgehead atoms. The van der Waals surface area contributed by atoms with Gasteiger partial charge in [-0.1, -0.05) is 6.07 Å². The molecule has 0 saturated heterocycles. The van der Waals surface area contributed by atoms with Gasteiger partial charge in [0.25, 0.3) is 0 Å². The second kappa shape index (κ2) is 5.07. The fraction of sp³-hybridized carbons (Fsp3) is 0.154. The number of ether oxygens (including phenoxy) is 1. The third-order valence-corrected chi connectivity index (χ3v) is 4.30. The van der Waals surface area contributed by atoms with Gasteiger partial charge in [-0.05, 0) is 29.8 Å². The molecule has 3 aromatic rings. The van der Waals surface area contributed by atoms with E-state index in [4.69, 9.17) is 4.74 Å². The van der Waals surface area contributed by atoms with E-state index in [9.17, 15) is 4.79 Å². The fourth-order valence-electron chi connectivity index (χ4n) is 1.71. The summed E-state index contributed by atoms with van der Waals surface area (Å²) in [5, 5.41) is 3.78. The highest BCUT2D eigenvalue weighted by molar-refractivity contribution is 7.17. The minimum Gasteiger partial charge on any atom is -0.464 e. The van der Waals surface area contributed by atoms with E-state index in [1.54, 1.807) is 6.07 Å². The number of nitrogens with zero attached hydrogens (tertiary/aromatic N) is 2. The van der Waals surface area contributed by atoms with Crippen molar-refractivity contribution >= 4 is 38.7 Å². The molecule has 3 rings (SSSR count). The van der Waals surface area contributed by atoms with Gasteiger partial charge in [-0.3, -0.25) is 4.79 Å². The lowest BCUT2D eigenvalue weighted by atomic mass is 10.2. The largest absolute Gasteiger partial charge is 0.464 e. The molecule has 3 heterocycles. The number of fused-ring (bicyclic) bond motifs is 1. The second-order valence-corrected chi connectivity index (χ2v) is 5.59. The molecule has 0 atom stereocenters. The molecule has 0 amide bonds. The fourth-order valence-corrected chi connectivity index (χ4v) is 3.20. The van der Waals surface area contributed by atoms with Crippen LogP contribution in [0.3, 0.4) is 0 Å². The molecular formula is C13H10N2O2S2. The van der Waals surface area contributed by atoms with Crippen molar-refractivity contribution in [1.29, 1.82) is 0 Å². The van der Waals surface area contributed by atoms with Crippen LogP contribution in [0.2, 0.25) is 0 Å². The van der Waals surface area contributed by atoms with Crippen LogP contribution >= 0.6 is 22.7 Å². The molecule has 96 valence electrons. The van der Waals surface area contributed by atoms with Gasteiger partial charge in [0, 0.05) is 0 Å². The van der Waals surface area contributed by atoms with E-state index in [-0.39, 0.29) is 11.8 Å². The zero-order chi connectivity index (χ0) is 13.2. The molecule has 0 spiro atoms. The highest BCUT2D eigenvalue weighted by Crippen LogP contribution is 2.27. The summed E-state index contributed by atoms with van der Waals surface area (Å²) in [5.74, 6) is -0.0780. The summed E-state index contributed by atoms with van der Waals surface area (Å²) in [6.07, 6.45) is 0. The van der Waals surface area contributed by atoms with Crippen LogP contribution in [-0.4, -0.2) is 22.4 Å². The van der Waals surface area contributed by atoms with Crippen LogP contribution in [0.4, 0.5) is 0 Å². The van der Waals surface area contributed by atoms with Gasteiger partial charge < -0.3 is 4.74 Å². The Balaban J connectivity index is 2.15. The molecule has 6 heteroatoms. The van der Waals surface area contributed by atoms with Crippen molar-refractivity contribution in [3.05, 3.63) is 39.5 Å². The predicted molar refractivity (Wildman–Crippen MR) is 76.3 cm³/mol. The Hall–Kier alpha value is -1.79. The standard InChI is InChI=1S/C13H10N2O2S2/c1-2-17-13-14-8-5-7-19-12(8)10(15-13)11(16)9-4-3-6-18-9/h3-7H,2H2,1H3. The molecule has 4 nitrogen and oxygen atoms in total. The summed E-state index contributed by atoms with van der Waals surface area (Å²) in [6, 6.07) is 5.78. The highest BCUT2D eigenvalue weighted by atomic mass is 32.1. The van der Waals surface area contributed by atoms with Gasteiger partial charge in [-0.15, -0.1) is 22.7 Å². The van der Waals surface area contributed by atoms with E-state index in [1.165, 1.54) is 22.7 Å².